The number of alkyl halides is 1. The first-order valence-corrected chi connectivity index (χ1v) is 8.52. The second-order valence-corrected chi connectivity index (χ2v) is 6.17. The predicted molar refractivity (Wildman–Crippen MR) is 90.1 cm³/mol. The molecule has 0 aliphatic carbocycles. The molecule has 2 atom stereocenters. The van der Waals surface area contributed by atoms with Gasteiger partial charge in [0.05, 0.1) is 18.1 Å². The van der Waals surface area contributed by atoms with Gasteiger partial charge in [-0.25, -0.2) is 0 Å². The van der Waals surface area contributed by atoms with E-state index in [1.54, 1.807) is 0 Å². The fourth-order valence-electron chi connectivity index (χ4n) is 2.17. The number of halogens is 1. The summed E-state index contributed by atoms with van der Waals surface area (Å²) in [5.74, 6) is 0.0975. The summed E-state index contributed by atoms with van der Waals surface area (Å²) in [5.41, 5.74) is 1.14. The lowest BCUT2D eigenvalue weighted by Gasteiger charge is -2.16. The average molecular weight is 327 g/mol. The quantitative estimate of drug-likeness (QED) is 0.464. The van der Waals surface area contributed by atoms with E-state index in [1.807, 2.05) is 37.3 Å². The zero-order valence-corrected chi connectivity index (χ0v) is 14.1. The summed E-state index contributed by atoms with van der Waals surface area (Å²) in [7, 11) is 0. The zero-order valence-electron chi connectivity index (χ0n) is 13.3. The topological polar surface area (TPSA) is 46.5 Å². The Bertz CT molecular complexity index is 408. The van der Waals surface area contributed by atoms with Crippen LogP contribution in [0.1, 0.15) is 51.0 Å². The van der Waals surface area contributed by atoms with E-state index in [4.69, 9.17) is 16.3 Å². The van der Waals surface area contributed by atoms with Gasteiger partial charge in [-0.3, -0.25) is 4.79 Å². The largest absolute Gasteiger partial charge is 0.391 e. The van der Waals surface area contributed by atoms with Crippen LogP contribution in [0.2, 0.25) is 0 Å². The molecule has 1 N–H and O–H groups in total. The normalized spacial score (nSPS) is 13.8. The first-order chi connectivity index (χ1) is 10.6. The highest BCUT2D eigenvalue weighted by Crippen LogP contribution is 2.15. The highest BCUT2D eigenvalue weighted by Gasteiger charge is 2.19. The maximum atomic E-state index is 11.6. The third kappa shape index (κ3) is 8.52. The molecule has 0 bridgehead atoms. The molecule has 0 spiro atoms. The van der Waals surface area contributed by atoms with Gasteiger partial charge in [0.25, 0.3) is 0 Å². The lowest BCUT2D eigenvalue weighted by Crippen LogP contribution is -2.24. The number of aliphatic hydroxyl groups is 1. The second-order valence-electron chi connectivity index (χ2n) is 5.61. The van der Waals surface area contributed by atoms with Gasteiger partial charge in [-0.05, 0) is 24.8 Å². The summed E-state index contributed by atoms with van der Waals surface area (Å²) in [4.78, 5) is 11.6. The molecule has 0 radical (unpaired) electrons. The highest BCUT2D eigenvalue weighted by molar-refractivity contribution is 6.21. The van der Waals surface area contributed by atoms with Gasteiger partial charge in [-0.15, -0.1) is 11.6 Å². The van der Waals surface area contributed by atoms with Crippen molar-refractivity contribution in [2.24, 2.45) is 0 Å². The van der Waals surface area contributed by atoms with Crippen molar-refractivity contribution in [1.29, 1.82) is 0 Å². The molecule has 22 heavy (non-hydrogen) atoms. The van der Waals surface area contributed by atoms with E-state index in [2.05, 4.69) is 0 Å². The SMILES string of the molecule is CCCCC(=O)C[C@H](O)[C@H](Cl)CCCOCc1ccccc1. The van der Waals surface area contributed by atoms with Gasteiger partial charge < -0.3 is 9.84 Å². The Labute approximate surface area is 138 Å². The lowest BCUT2D eigenvalue weighted by atomic mass is 10.0. The lowest BCUT2D eigenvalue weighted by molar-refractivity contribution is -0.121. The Morgan fingerprint density at radius 1 is 1.27 bits per heavy atom. The Morgan fingerprint density at radius 2 is 2.00 bits per heavy atom. The van der Waals surface area contributed by atoms with E-state index >= 15 is 0 Å². The molecule has 0 aliphatic heterocycles. The number of aliphatic hydroxyl groups excluding tert-OH is 1. The van der Waals surface area contributed by atoms with Crippen LogP contribution < -0.4 is 0 Å². The Hall–Kier alpha value is -0.900. The molecule has 0 fully saturated rings. The third-order valence-corrected chi connectivity index (χ3v) is 4.05. The first kappa shape index (κ1) is 19.1. The average Bonchev–Trinajstić information content (AvgIpc) is 2.53. The molecule has 1 aromatic carbocycles. The number of ketones is 1. The van der Waals surface area contributed by atoms with Crippen molar-refractivity contribution in [1.82, 2.24) is 0 Å². The molecule has 0 saturated carbocycles. The Kier molecular flexibility index (Phi) is 10.1. The van der Waals surface area contributed by atoms with Gasteiger partial charge in [0.15, 0.2) is 0 Å². The monoisotopic (exact) mass is 326 g/mol. The Morgan fingerprint density at radius 3 is 2.68 bits per heavy atom. The van der Waals surface area contributed by atoms with Crippen molar-refractivity contribution >= 4 is 17.4 Å². The number of rotatable bonds is 12. The summed E-state index contributed by atoms with van der Waals surface area (Å²) >= 11 is 6.15. The Balaban J connectivity index is 2.09. The highest BCUT2D eigenvalue weighted by atomic mass is 35.5. The minimum Gasteiger partial charge on any atom is -0.391 e. The molecule has 0 unspecified atom stereocenters. The minimum absolute atomic E-state index is 0.0975. The van der Waals surface area contributed by atoms with Crippen molar-refractivity contribution in [2.45, 2.75) is 63.5 Å². The fourth-order valence-corrected chi connectivity index (χ4v) is 2.42. The van der Waals surface area contributed by atoms with E-state index < -0.39 is 6.10 Å². The summed E-state index contributed by atoms with van der Waals surface area (Å²) < 4.78 is 5.58. The van der Waals surface area contributed by atoms with Crippen LogP contribution >= 0.6 is 11.6 Å². The van der Waals surface area contributed by atoms with Crippen LogP contribution in [0.25, 0.3) is 0 Å². The minimum atomic E-state index is -0.750. The van der Waals surface area contributed by atoms with E-state index in [1.165, 1.54) is 0 Å². The number of ether oxygens (including phenoxy) is 1. The second kappa shape index (κ2) is 11.6. The first-order valence-electron chi connectivity index (χ1n) is 8.09. The molecule has 0 saturated heterocycles. The molecule has 0 heterocycles. The summed E-state index contributed by atoms with van der Waals surface area (Å²) in [6.07, 6.45) is 3.26. The molecule has 0 aromatic heterocycles. The van der Waals surface area contributed by atoms with Gasteiger partial charge >= 0.3 is 0 Å². The van der Waals surface area contributed by atoms with Crippen LogP contribution in [0.15, 0.2) is 30.3 Å². The summed E-state index contributed by atoms with van der Waals surface area (Å²) in [6.45, 7) is 3.24. The fraction of sp³-hybridized carbons (Fsp3) is 0.611. The zero-order chi connectivity index (χ0) is 16.2. The van der Waals surface area contributed by atoms with Crippen LogP contribution in [-0.4, -0.2) is 29.0 Å². The molecule has 0 amide bonds. The standard InChI is InChI=1S/C18H27ClO3/c1-2-3-10-16(20)13-18(21)17(19)11-7-12-22-14-15-8-5-4-6-9-15/h4-6,8-9,17-18,21H,2-3,7,10-14H2,1H3/t17-,18+/m1/s1. The van der Waals surface area contributed by atoms with Crippen molar-refractivity contribution in [3.63, 3.8) is 0 Å². The van der Waals surface area contributed by atoms with Crippen LogP contribution in [0.5, 0.6) is 0 Å². The van der Waals surface area contributed by atoms with Crippen molar-refractivity contribution in [2.75, 3.05) is 6.61 Å². The van der Waals surface area contributed by atoms with Crippen molar-refractivity contribution in [3.05, 3.63) is 35.9 Å². The maximum Gasteiger partial charge on any atom is 0.135 e. The number of carbonyl (C=O) groups excluding carboxylic acids is 1. The van der Waals surface area contributed by atoms with E-state index in [0.717, 1.165) is 24.8 Å². The van der Waals surface area contributed by atoms with Crippen LogP contribution in [-0.2, 0) is 16.1 Å². The number of hydrogen-bond donors (Lipinski definition) is 1. The summed E-state index contributed by atoms with van der Waals surface area (Å²) in [5, 5.41) is 9.54. The van der Waals surface area contributed by atoms with Gasteiger partial charge in [0.2, 0.25) is 0 Å². The van der Waals surface area contributed by atoms with Crippen LogP contribution in [0, 0.1) is 0 Å². The van der Waals surface area contributed by atoms with Crippen molar-refractivity contribution in [3.8, 4) is 0 Å². The summed E-state index contributed by atoms with van der Waals surface area (Å²) in [6, 6.07) is 10.00. The number of unbranched alkanes of at least 4 members (excludes halogenated alkanes) is 1. The van der Waals surface area contributed by atoms with E-state index in [-0.39, 0.29) is 17.6 Å². The van der Waals surface area contributed by atoms with Crippen LogP contribution in [0.3, 0.4) is 0 Å². The molecule has 3 nitrogen and oxygen atoms in total. The van der Waals surface area contributed by atoms with Gasteiger partial charge in [-0.1, -0.05) is 43.7 Å². The van der Waals surface area contributed by atoms with Gasteiger partial charge in [0.1, 0.15) is 5.78 Å². The van der Waals surface area contributed by atoms with Crippen molar-refractivity contribution < 1.29 is 14.6 Å². The number of benzene rings is 1. The van der Waals surface area contributed by atoms with Crippen LogP contribution in [0.4, 0.5) is 0 Å². The molecule has 1 aromatic rings. The van der Waals surface area contributed by atoms with Gasteiger partial charge in [0, 0.05) is 19.4 Å². The molecular weight excluding hydrogens is 300 g/mol. The van der Waals surface area contributed by atoms with E-state index in [0.29, 0.717) is 26.1 Å². The van der Waals surface area contributed by atoms with Gasteiger partial charge in [-0.2, -0.15) is 0 Å². The molecular formula is C18H27ClO3. The van der Waals surface area contributed by atoms with E-state index in [9.17, 15) is 9.90 Å². The molecule has 1 rings (SSSR count). The number of Topliss-reactive ketones (excluding diaryl/α,β-unsaturated/α-hetero) is 1. The molecule has 0 aliphatic rings. The number of carbonyl (C=O) groups is 1. The molecule has 4 heteroatoms. The molecule has 124 valence electrons. The predicted octanol–water partition coefficient (Wildman–Crippen LogP) is 4.10. The number of hydrogen-bond acceptors (Lipinski definition) is 3. The third-order valence-electron chi connectivity index (χ3n) is 3.54. The maximum absolute atomic E-state index is 11.6. The smallest absolute Gasteiger partial charge is 0.135 e.